The average molecular weight is 426 g/mol. The summed E-state index contributed by atoms with van der Waals surface area (Å²) < 4.78 is 34.2. The first-order valence-electron chi connectivity index (χ1n) is 9.42. The molecule has 160 valence electrons. The Bertz CT molecular complexity index is 890. The van der Waals surface area contributed by atoms with Gasteiger partial charge in [-0.1, -0.05) is 12.1 Å². The third-order valence-corrected chi connectivity index (χ3v) is 7.30. The average Bonchev–Trinajstić information content (AvgIpc) is 3.16. The highest BCUT2D eigenvalue weighted by atomic mass is 32.2. The number of carbonyl (C=O) groups is 2. The second kappa shape index (κ2) is 8.29. The van der Waals surface area contributed by atoms with Crippen LogP contribution in [0.15, 0.2) is 24.3 Å². The molecular weight excluding hydrogens is 398 g/mol. The summed E-state index contributed by atoms with van der Waals surface area (Å²) in [6.45, 7) is 2.45. The minimum absolute atomic E-state index is 0.00771. The quantitative estimate of drug-likeness (QED) is 0.607. The first-order valence-corrected chi connectivity index (χ1v) is 11.2. The van der Waals surface area contributed by atoms with Gasteiger partial charge in [0.2, 0.25) is 0 Å². The van der Waals surface area contributed by atoms with Gasteiger partial charge in [-0.3, -0.25) is 9.69 Å². The smallest absolute Gasteiger partial charge is 0.326 e. The molecule has 9 nitrogen and oxygen atoms in total. The van der Waals surface area contributed by atoms with Crippen LogP contribution in [0.4, 0.5) is 4.79 Å². The second-order valence-electron chi connectivity index (χ2n) is 7.52. The number of hydrogen-bond donors (Lipinski definition) is 1. The zero-order valence-electron chi connectivity index (χ0n) is 16.9. The highest BCUT2D eigenvalue weighted by molar-refractivity contribution is 7.91. The van der Waals surface area contributed by atoms with Crippen LogP contribution < -0.4 is 10.1 Å². The fourth-order valence-electron chi connectivity index (χ4n) is 3.78. The summed E-state index contributed by atoms with van der Waals surface area (Å²) in [5, 5.41) is 2.77. The molecule has 0 saturated carbocycles. The van der Waals surface area contributed by atoms with Gasteiger partial charge in [0.15, 0.2) is 9.84 Å². The molecule has 1 N–H and O–H groups in total. The van der Waals surface area contributed by atoms with Crippen LogP contribution >= 0.6 is 0 Å². The lowest BCUT2D eigenvalue weighted by molar-refractivity contribution is -0.133. The fraction of sp³-hybridized carbons (Fsp3) is 0.579. The predicted octanol–water partition coefficient (Wildman–Crippen LogP) is 0.555. The van der Waals surface area contributed by atoms with Crippen LogP contribution in [-0.2, 0) is 24.9 Å². The first kappa shape index (κ1) is 21.5. The number of methoxy groups -OCH3 is 2. The van der Waals surface area contributed by atoms with E-state index in [0.717, 1.165) is 4.90 Å². The largest absolute Gasteiger partial charge is 0.497 e. The summed E-state index contributed by atoms with van der Waals surface area (Å²) in [7, 11) is -0.0135. The Morgan fingerprint density at radius 1 is 1.31 bits per heavy atom. The lowest BCUT2D eigenvalue weighted by Gasteiger charge is -2.31. The molecule has 0 radical (unpaired) electrons. The highest BCUT2D eigenvalue weighted by Gasteiger charge is 2.50. The van der Waals surface area contributed by atoms with Crippen LogP contribution in [-0.4, -0.2) is 81.7 Å². The number of imide groups is 1. The summed E-state index contributed by atoms with van der Waals surface area (Å²) >= 11 is 0. The van der Waals surface area contributed by atoms with Gasteiger partial charge in [-0.2, -0.15) is 0 Å². The fourth-order valence-corrected chi connectivity index (χ4v) is 5.54. The number of ether oxygens (including phenoxy) is 2. The van der Waals surface area contributed by atoms with Crippen molar-refractivity contribution in [1.29, 1.82) is 0 Å². The van der Waals surface area contributed by atoms with Crippen molar-refractivity contribution in [1.82, 2.24) is 15.1 Å². The van der Waals surface area contributed by atoms with Crippen LogP contribution in [0, 0.1) is 0 Å². The number of nitrogens with one attached hydrogen (secondary N) is 1. The van der Waals surface area contributed by atoms with Gasteiger partial charge in [-0.05, 0) is 31.0 Å². The molecule has 3 amide bonds. The van der Waals surface area contributed by atoms with E-state index in [9.17, 15) is 18.0 Å². The summed E-state index contributed by atoms with van der Waals surface area (Å²) in [4.78, 5) is 28.9. The summed E-state index contributed by atoms with van der Waals surface area (Å²) in [6.07, 6.45) is 0.475. The standard InChI is InChI=1S/C19H27N3O6S/c1-19(14-5-4-6-16(11-14)28-3)17(23)22(18(24)20-19)13-21(8-9-27-2)15-7-10-29(25,26)12-15/h4-6,11,15H,7-10,12-13H2,1-3H3,(H,20,24)/t15-,19+/m1/s1. The van der Waals surface area contributed by atoms with Crippen molar-refractivity contribution in [2.75, 3.05) is 45.5 Å². The third kappa shape index (κ3) is 4.39. The number of rotatable bonds is 8. The molecule has 1 aromatic carbocycles. The van der Waals surface area contributed by atoms with Gasteiger partial charge in [0.05, 0.1) is 31.9 Å². The first-order chi connectivity index (χ1) is 13.7. The number of benzene rings is 1. The van der Waals surface area contributed by atoms with Crippen molar-refractivity contribution in [3.8, 4) is 5.75 Å². The Morgan fingerprint density at radius 2 is 2.07 bits per heavy atom. The molecule has 2 atom stereocenters. The van der Waals surface area contributed by atoms with Crippen molar-refractivity contribution in [2.45, 2.75) is 24.9 Å². The van der Waals surface area contributed by atoms with Gasteiger partial charge < -0.3 is 14.8 Å². The lowest BCUT2D eigenvalue weighted by atomic mass is 9.92. The van der Waals surface area contributed by atoms with Gasteiger partial charge in [0.25, 0.3) is 5.91 Å². The molecule has 0 aliphatic carbocycles. The molecule has 10 heteroatoms. The van der Waals surface area contributed by atoms with E-state index in [-0.39, 0.29) is 30.1 Å². The zero-order valence-corrected chi connectivity index (χ0v) is 17.7. The van der Waals surface area contributed by atoms with Crippen LogP contribution in [0.1, 0.15) is 18.9 Å². The number of carbonyl (C=O) groups excluding carboxylic acids is 2. The molecular formula is C19H27N3O6S. The maximum atomic E-state index is 13.2. The Morgan fingerprint density at radius 3 is 2.69 bits per heavy atom. The van der Waals surface area contributed by atoms with Gasteiger partial charge in [0, 0.05) is 19.7 Å². The van der Waals surface area contributed by atoms with Gasteiger partial charge >= 0.3 is 6.03 Å². The van der Waals surface area contributed by atoms with E-state index in [0.29, 0.717) is 30.9 Å². The molecule has 2 aliphatic heterocycles. The monoisotopic (exact) mass is 425 g/mol. The van der Waals surface area contributed by atoms with Crippen LogP contribution in [0.5, 0.6) is 5.75 Å². The SMILES string of the molecule is COCCN(CN1C(=O)N[C@@](C)(c2cccc(OC)c2)C1=O)[C@@H]1CCS(=O)(=O)C1. The molecule has 0 unspecified atom stereocenters. The van der Waals surface area contributed by atoms with E-state index >= 15 is 0 Å². The Balaban J connectivity index is 1.82. The van der Waals surface area contributed by atoms with Crippen molar-refractivity contribution < 1.29 is 27.5 Å². The topological polar surface area (TPSA) is 105 Å². The van der Waals surface area contributed by atoms with Crippen LogP contribution in [0.3, 0.4) is 0 Å². The van der Waals surface area contributed by atoms with Crippen molar-refractivity contribution in [3.63, 3.8) is 0 Å². The second-order valence-corrected chi connectivity index (χ2v) is 9.75. The number of urea groups is 1. The molecule has 0 spiro atoms. The van der Waals surface area contributed by atoms with Crippen molar-refractivity contribution in [2.24, 2.45) is 0 Å². The van der Waals surface area contributed by atoms with E-state index in [2.05, 4.69) is 5.32 Å². The molecule has 2 fully saturated rings. The lowest BCUT2D eigenvalue weighted by Crippen LogP contribution is -2.48. The molecule has 0 aromatic heterocycles. The van der Waals surface area contributed by atoms with Crippen LogP contribution in [0.25, 0.3) is 0 Å². The Labute approximate surface area is 170 Å². The van der Waals surface area contributed by atoms with Gasteiger partial charge in [0.1, 0.15) is 11.3 Å². The molecule has 3 rings (SSSR count). The predicted molar refractivity (Wildman–Crippen MR) is 106 cm³/mol. The third-order valence-electron chi connectivity index (χ3n) is 5.55. The zero-order chi connectivity index (χ0) is 21.2. The molecule has 2 heterocycles. The number of sulfone groups is 1. The summed E-state index contributed by atoms with van der Waals surface area (Å²) in [5.74, 6) is 0.331. The maximum Gasteiger partial charge on any atom is 0.326 e. The van der Waals surface area contributed by atoms with Crippen molar-refractivity contribution >= 4 is 21.8 Å². The van der Waals surface area contributed by atoms with E-state index in [1.807, 2.05) is 4.90 Å². The van der Waals surface area contributed by atoms with E-state index in [1.165, 1.54) is 7.11 Å². The number of hydrogen-bond acceptors (Lipinski definition) is 7. The maximum absolute atomic E-state index is 13.2. The molecule has 29 heavy (non-hydrogen) atoms. The van der Waals surface area contributed by atoms with Gasteiger partial charge in [-0.15, -0.1) is 0 Å². The van der Waals surface area contributed by atoms with E-state index < -0.39 is 21.4 Å². The normalized spacial score (nSPS) is 26.2. The van der Waals surface area contributed by atoms with Crippen LogP contribution in [0.2, 0.25) is 0 Å². The molecule has 1 aromatic rings. The molecule has 0 bridgehead atoms. The number of amides is 3. The summed E-state index contributed by atoms with van der Waals surface area (Å²) in [5.41, 5.74) is -0.607. The van der Waals surface area contributed by atoms with Gasteiger partial charge in [-0.25, -0.2) is 18.1 Å². The summed E-state index contributed by atoms with van der Waals surface area (Å²) in [6, 6.07) is 6.24. The Kier molecular flexibility index (Phi) is 6.16. The van der Waals surface area contributed by atoms with Crippen molar-refractivity contribution in [3.05, 3.63) is 29.8 Å². The molecule has 2 saturated heterocycles. The highest BCUT2D eigenvalue weighted by Crippen LogP contribution is 2.31. The Hall–Kier alpha value is -2.17. The van der Waals surface area contributed by atoms with E-state index in [4.69, 9.17) is 9.47 Å². The number of nitrogens with zero attached hydrogens (tertiary/aromatic N) is 2. The van der Waals surface area contributed by atoms with E-state index in [1.54, 1.807) is 38.3 Å². The minimum atomic E-state index is -3.10. The minimum Gasteiger partial charge on any atom is -0.497 e. The molecule has 2 aliphatic rings.